The average molecular weight is 323 g/mol. The lowest BCUT2D eigenvalue weighted by atomic mass is 10.1. The maximum absolute atomic E-state index is 11.9. The van der Waals surface area contributed by atoms with Crippen LogP contribution in [0, 0.1) is 0 Å². The quantitative estimate of drug-likeness (QED) is 0.692. The van der Waals surface area contributed by atoms with Crippen LogP contribution in [0.2, 0.25) is 0 Å². The minimum Gasteiger partial charge on any atom is -0.352 e. The molecule has 0 saturated carbocycles. The third-order valence-electron chi connectivity index (χ3n) is 3.68. The molecule has 0 bridgehead atoms. The molecule has 0 fully saturated rings. The molecule has 2 aromatic carbocycles. The van der Waals surface area contributed by atoms with Crippen molar-refractivity contribution in [3.63, 3.8) is 0 Å². The van der Waals surface area contributed by atoms with Gasteiger partial charge in [-0.15, -0.1) is 11.3 Å². The fourth-order valence-corrected chi connectivity index (χ4v) is 3.12. The Hall–Kier alpha value is -2.46. The summed E-state index contributed by atoms with van der Waals surface area (Å²) in [4.78, 5) is 24.5. The predicted molar refractivity (Wildman–Crippen MR) is 93.7 cm³/mol. The Morgan fingerprint density at radius 2 is 1.74 bits per heavy atom. The number of amides is 1. The van der Waals surface area contributed by atoms with E-state index in [1.807, 2.05) is 29.6 Å². The minimum atomic E-state index is -0.0944. The standard InChI is InChI=1S/C19H17NO2S/c21-17(18-6-3-11-23-18)9-10-19(22)20-13-14-7-8-15-4-1-2-5-16(15)12-14/h1-8,11-12H,9-10,13H2,(H,20,22). The number of fused-ring (bicyclic) bond motifs is 1. The Kier molecular flexibility index (Phi) is 4.83. The molecule has 1 heterocycles. The molecule has 0 unspecified atom stereocenters. The second-order valence-electron chi connectivity index (χ2n) is 5.36. The van der Waals surface area contributed by atoms with Gasteiger partial charge < -0.3 is 5.32 Å². The van der Waals surface area contributed by atoms with Gasteiger partial charge in [0.15, 0.2) is 5.78 Å². The second-order valence-corrected chi connectivity index (χ2v) is 6.31. The lowest BCUT2D eigenvalue weighted by molar-refractivity contribution is -0.121. The molecule has 0 saturated heterocycles. The third kappa shape index (κ3) is 4.05. The summed E-state index contributed by atoms with van der Waals surface area (Å²) in [6.07, 6.45) is 0.481. The van der Waals surface area contributed by atoms with E-state index in [1.165, 1.54) is 16.7 Å². The van der Waals surface area contributed by atoms with Crippen molar-refractivity contribution in [1.82, 2.24) is 5.32 Å². The van der Waals surface area contributed by atoms with Crippen molar-refractivity contribution in [2.45, 2.75) is 19.4 Å². The Morgan fingerprint density at radius 1 is 0.913 bits per heavy atom. The molecule has 0 aliphatic heterocycles. The van der Waals surface area contributed by atoms with Gasteiger partial charge in [0.25, 0.3) is 0 Å². The molecular weight excluding hydrogens is 306 g/mol. The van der Waals surface area contributed by atoms with Gasteiger partial charge in [0.2, 0.25) is 5.91 Å². The Bertz CT molecular complexity index is 824. The number of carbonyl (C=O) groups is 2. The lowest BCUT2D eigenvalue weighted by Crippen LogP contribution is -2.23. The highest BCUT2D eigenvalue weighted by molar-refractivity contribution is 7.12. The van der Waals surface area contributed by atoms with Crippen molar-refractivity contribution in [3.05, 3.63) is 70.4 Å². The van der Waals surface area contributed by atoms with Crippen LogP contribution in [-0.2, 0) is 11.3 Å². The van der Waals surface area contributed by atoms with E-state index < -0.39 is 0 Å². The molecular formula is C19H17NO2S. The first-order valence-corrected chi connectivity index (χ1v) is 8.41. The topological polar surface area (TPSA) is 46.2 Å². The third-order valence-corrected chi connectivity index (χ3v) is 4.59. The molecule has 4 heteroatoms. The molecule has 1 amide bonds. The molecule has 3 rings (SSSR count). The highest BCUT2D eigenvalue weighted by Gasteiger charge is 2.10. The monoisotopic (exact) mass is 323 g/mol. The predicted octanol–water partition coefficient (Wildman–Crippen LogP) is 4.18. The van der Waals surface area contributed by atoms with Gasteiger partial charge >= 0.3 is 0 Å². The number of thiophene rings is 1. The van der Waals surface area contributed by atoms with Crippen LogP contribution in [0.25, 0.3) is 10.8 Å². The van der Waals surface area contributed by atoms with Gasteiger partial charge in [0.05, 0.1) is 4.88 Å². The van der Waals surface area contributed by atoms with Gasteiger partial charge in [0.1, 0.15) is 0 Å². The average Bonchev–Trinajstić information content (AvgIpc) is 3.12. The van der Waals surface area contributed by atoms with Crippen LogP contribution in [0.1, 0.15) is 28.1 Å². The number of carbonyl (C=O) groups excluding carboxylic acids is 2. The molecule has 0 spiro atoms. The van der Waals surface area contributed by atoms with Gasteiger partial charge in [-0.1, -0.05) is 42.5 Å². The molecule has 0 atom stereocenters. The summed E-state index contributed by atoms with van der Waals surface area (Å²) in [7, 11) is 0. The summed E-state index contributed by atoms with van der Waals surface area (Å²) in [6.45, 7) is 0.483. The SMILES string of the molecule is O=C(CCC(=O)c1cccs1)NCc1ccc2ccccc2c1. The van der Waals surface area contributed by atoms with Crippen molar-refractivity contribution >= 4 is 33.8 Å². The van der Waals surface area contributed by atoms with E-state index in [0.29, 0.717) is 11.4 Å². The molecule has 116 valence electrons. The minimum absolute atomic E-state index is 0.0286. The zero-order chi connectivity index (χ0) is 16.1. The zero-order valence-corrected chi connectivity index (χ0v) is 13.4. The molecule has 23 heavy (non-hydrogen) atoms. The van der Waals surface area contributed by atoms with Crippen LogP contribution >= 0.6 is 11.3 Å². The first-order chi connectivity index (χ1) is 11.2. The maximum Gasteiger partial charge on any atom is 0.220 e. The summed E-state index contributed by atoms with van der Waals surface area (Å²) in [5, 5.41) is 7.09. The zero-order valence-electron chi connectivity index (χ0n) is 12.6. The fraction of sp³-hybridized carbons (Fsp3) is 0.158. The number of rotatable bonds is 6. The molecule has 3 aromatic rings. The fourth-order valence-electron chi connectivity index (χ4n) is 2.43. The number of hydrogen-bond acceptors (Lipinski definition) is 3. The summed E-state index contributed by atoms with van der Waals surface area (Å²) in [5.41, 5.74) is 1.06. The molecule has 0 aliphatic carbocycles. The molecule has 0 aliphatic rings. The van der Waals surface area contributed by atoms with E-state index >= 15 is 0 Å². The maximum atomic E-state index is 11.9. The largest absolute Gasteiger partial charge is 0.352 e. The summed E-state index contributed by atoms with van der Waals surface area (Å²) in [6, 6.07) is 17.9. The molecule has 0 radical (unpaired) electrons. The van der Waals surface area contributed by atoms with Gasteiger partial charge in [-0.05, 0) is 33.8 Å². The van der Waals surface area contributed by atoms with Crippen LogP contribution in [-0.4, -0.2) is 11.7 Å². The van der Waals surface area contributed by atoms with Gasteiger partial charge in [-0.3, -0.25) is 9.59 Å². The molecule has 1 N–H and O–H groups in total. The molecule has 1 aromatic heterocycles. The van der Waals surface area contributed by atoms with E-state index in [4.69, 9.17) is 0 Å². The van der Waals surface area contributed by atoms with Crippen molar-refractivity contribution in [3.8, 4) is 0 Å². The lowest BCUT2D eigenvalue weighted by Gasteiger charge is -2.06. The summed E-state index contributed by atoms with van der Waals surface area (Å²) >= 11 is 1.41. The van der Waals surface area contributed by atoms with Crippen molar-refractivity contribution in [1.29, 1.82) is 0 Å². The number of hydrogen-bond donors (Lipinski definition) is 1. The first-order valence-electron chi connectivity index (χ1n) is 7.53. The second kappa shape index (κ2) is 7.20. The summed E-state index contributed by atoms with van der Waals surface area (Å²) < 4.78 is 0. The number of nitrogens with one attached hydrogen (secondary N) is 1. The highest BCUT2D eigenvalue weighted by Crippen LogP contribution is 2.16. The van der Waals surface area contributed by atoms with Crippen LogP contribution < -0.4 is 5.32 Å². The Balaban J connectivity index is 1.51. The highest BCUT2D eigenvalue weighted by atomic mass is 32.1. The van der Waals surface area contributed by atoms with Gasteiger partial charge in [-0.25, -0.2) is 0 Å². The van der Waals surface area contributed by atoms with E-state index in [1.54, 1.807) is 6.07 Å². The van der Waals surface area contributed by atoms with Crippen molar-refractivity contribution in [2.75, 3.05) is 0 Å². The van der Waals surface area contributed by atoms with Crippen LogP contribution in [0.5, 0.6) is 0 Å². The van der Waals surface area contributed by atoms with E-state index in [-0.39, 0.29) is 24.5 Å². The summed E-state index contributed by atoms with van der Waals surface area (Å²) in [5.74, 6) is -0.0658. The number of ketones is 1. The normalized spacial score (nSPS) is 10.6. The van der Waals surface area contributed by atoms with E-state index in [0.717, 1.165) is 10.9 Å². The van der Waals surface area contributed by atoms with Gasteiger partial charge in [0, 0.05) is 19.4 Å². The van der Waals surface area contributed by atoms with Crippen LogP contribution in [0.3, 0.4) is 0 Å². The Labute approximate surface area is 139 Å². The molecule has 3 nitrogen and oxygen atoms in total. The van der Waals surface area contributed by atoms with E-state index in [9.17, 15) is 9.59 Å². The van der Waals surface area contributed by atoms with Crippen molar-refractivity contribution < 1.29 is 9.59 Å². The van der Waals surface area contributed by atoms with Crippen molar-refractivity contribution in [2.24, 2.45) is 0 Å². The number of Topliss-reactive ketones (excluding diaryl/α,β-unsaturated/α-hetero) is 1. The Morgan fingerprint density at radius 3 is 2.52 bits per heavy atom. The number of benzene rings is 2. The first kappa shape index (κ1) is 15.4. The van der Waals surface area contributed by atoms with Crippen LogP contribution in [0.4, 0.5) is 0 Å². The van der Waals surface area contributed by atoms with Crippen LogP contribution in [0.15, 0.2) is 60.0 Å². The van der Waals surface area contributed by atoms with Gasteiger partial charge in [-0.2, -0.15) is 0 Å². The smallest absolute Gasteiger partial charge is 0.220 e. The van der Waals surface area contributed by atoms with E-state index in [2.05, 4.69) is 29.6 Å².